The Labute approximate surface area is 82.8 Å². The van der Waals surface area contributed by atoms with Crippen molar-refractivity contribution in [2.24, 2.45) is 0 Å². The van der Waals surface area contributed by atoms with Gasteiger partial charge in [0.15, 0.2) is 0 Å². The molecule has 0 fully saturated rings. The first kappa shape index (κ1) is 22.6. The molecule has 4 nitrogen and oxygen atoms in total. The van der Waals surface area contributed by atoms with Crippen molar-refractivity contribution < 1.29 is 83.3 Å². The average Bonchev–Trinajstić information content (AvgIpc) is 0.722. The molecule has 0 aromatic heterocycles. The van der Waals surface area contributed by atoms with Crippen LogP contribution < -0.4 is 18.9 Å². The fraction of sp³-hybridized carbons (Fsp3) is 0. The molecule has 0 saturated heterocycles. The van der Waals surface area contributed by atoms with Gasteiger partial charge in [-0.2, -0.15) is 0 Å². The molecule has 0 unspecified atom stereocenters. The minimum atomic E-state index is -5.12. The van der Waals surface area contributed by atoms with E-state index in [1.165, 1.54) is 0 Å². The third-order valence-electron chi connectivity index (χ3n) is 0. The zero-order valence-corrected chi connectivity index (χ0v) is 6.82. The Kier molecular flexibility index (Phi) is 24.5. The van der Waals surface area contributed by atoms with E-state index in [2.05, 4.69) is 0 Å². The molecule has 0 amide bonds. The first-order valence-electron chi connectivity index (χ1n) is 0.647. The van der Waals surface area contributed by atoms with E-state index in [-0.39, 0.29) is 53.8 Å². The first-order chi connectivity index (χ1) is 2.00. The van der Waals surface area contributed by atoms with Gasteiger partial charge in [-0.15, -0.1) is 0 Å². The number of hydrogen-bond acceptors (Lipinski definition) is 2. The molecule has 8 heavy (non-hydrogen) atoms. The van der Waals surface area contributed by atoms with Crippen LogP contribution >= 0.6 is 0 Å². The molecule has 0 aliphatic heterocycles. The molecule has 8 heteroatoms. The van der Waals surface area contributed by atoms with E-state index in [0.717, 1.165) is 0 Å². The van der Waals surface area contributed by atoms with E-state index < -0.39 is 13.4 Å². The van der Waals surface area contributed by atoms with Gasteiger partial charge in [0.2, 0.25) is 0 Å². The van der Waals surface area contributed by atoms with Crippen LogP contribution in [0.25, 0.3) is 0 Å². The van der Waals surface area contributed by atoms with Crippen molar-refractivity contribution in [1.82, 2.24) is 0 Å². The van der Waals surface area contributed by atoms with Gasteiger partial charge >= 0.3 is 48.3 Å². The quantitative estimate of drug-likeness (QED) is 0.428. The Morgan fingerprint density at radius 1 is 1.25 bits per heavy atom. The molecule has 0 aromatic rings. The van der Waals surface area contributed by atoms with Crippen LogP contribution in [0.4, 0.5) is 0 Å². The van der Waals surface area contributed by atoms with Gasteiger partial charge in [0, 0.05) is 33.6 Å². The molecule has 56 valence electrons. The summed E-state index contributed by atoms with van der Waals surface area (Å²) in [6.07, 6.45) is 0. The summed E-state index contributed by atoms with van der Waals surface area (Å²) in [5.41, 5.74) is 0. The second-order valence-corrected chi connectivity index (χ2v) is 1.71. The molecule has 0 heterocycles. The normalized spacial score (nSPS) is 7.25. The standard InChI is InChI=1S/Cu.Li.Mn.Ni.2H2O.2O.H/h;;;;2*1H2;;;/q;+1;+2;;;;;;-1/p-2. The molecule has 0 bridgehead atoms. The van der Waals surface area contributed by atoms with Gasteiger partial charge < -0.3 is 1.43 Å². The van der Waals surface area contributed by atoms with Crippen molar-refractivity contribution in [3.63, 3.8) is 0 Å². The summed E-state index contributed by atoms with van der Waals surface area (Å²) < 4.78 is 31.8. The van der Waals surface area contributed by atoms with Gasteiger partial charge in [0.25, 0.3) is 0 Å². The topological polar surface area (TPSA) is 74.6 Å². The van der Waals surface area contributed by atoms with Gasteiger partial charge in [-0.1, -0.05) is 0 Å². The maximum absolute atomic E-state index is 8.80. The van der Waals surface area contributed by atoms with E-state index in [0.29, 0.717) is 0 Å². The fourth-order valence-electron chi connectivity index (χ4n) is 0. The molecule has 0 aliphatic carbocycles. The summed E-state index contributed by atoms with van der Waals surface area (Å²) in [5.74, 6) is 0. The Morgan fingerprint density at radius 3 is 1.25 bits per heavy atom. The van der Waals surface area contributed by atoms with E-state index in [9.17, 15) is 0 Å². The predicted molar refractivity (Wildman–Crippen MR) is 6.92 cm³/mol. The molecular weight excluding hydrogens is 248 g/mol. The van der Waals surface area contributed by atoms with E-state index in [1.807, 2.05) is 0 Å². The van der Waals surface area contributed by atoms with Crippen LogP contribution in [0.3, 0.4) is 0 Å². The van der Waals surface area contributed by atoms with Crippen molar-refractivity contribution in [2.45, 2.75) is 0 Å². The number of hydrogen-bond donors (Lipinski definition) is 2. The molecule has 0 aliphatic rings. The molecular formula is H3CuLiMnNiO4. The average molecular weight is 251 g/mol. The van der Waals surface area contributed by atoms with Crippen LogP contribution in [0.1, 0.15) is 1.43 Å². The third-order valence-corrected chi connectivity index (χ3v) is 0. The van der Waals surface area contributed by atoms with E-state index in [1.54, 1.807) is 0 Å². The Bertz CT molecular complexity index is 104. The molecule has 0 atom stereocenters. The summed E-state index contributed by atoms with van der Waals surface area (Å²) in [6, 6.07) is 0. The van der Waals surface area contributed by atoms with E-state index in [4.69, 9.17) is 16.0 Å². The summed E-state index contributed by atoms with van der Waals surface area (Å²) >= 11 is -5.12. The molecule has 0 spiro atoms. The minimum absolute atomic E-state index is 0. The molecule has 1 radical (unpaired) electrons. The molecule has 0 rings (SSSR count). The fourth-order valence-corrected chi connectivity index (χ4v) is 0. The van der Waals surface area contributed by atoms with Crippen molar-refractivity contribution in [3.05, 3.63) is 0 Å². The maximum atomic E-state index is 8.80. The van der Waals surface area contributed by atoms with Crippen molar-refractivity contribution in [3.8, 4) is 0 Å². The van der Waals surface area contributed by atoms with Gasteiger partial charge in [0.1, 0.15) is 0 Å². The predicted octanol–water partition coefficient (Wildman–Crippen LogP) is -4.24. The Balaban J connectivity index is -0.0000000133. The summed E-state index contributed by atoms with van der Waals surface area (Å²) in [6.45, 7) is 0. The second kappa shape index (κ2) is 8.65. The van der Waals surface area contributed by atoms with Gasteiger partial charge in [-0.25, -0.2) is 0 Å². The second-order valence-electron chi connectivity index (χ2n) is 0.415. The van der Waals surface area contributed by atoms with E-state index >= 15 is 0 Å². The van der Waals surface area contributed by atoms with Crippen molar-refractivity contribution >= 4 is 0 Å². The van der Waals surface area contributed by atoms with Crippen LogP contribution in [0, 0.1) is 0 Å². The van der Waals surface area contributed by atoms with Crippen LogP contribution in [-0.2, 0) is 54.6 Å². The molecule has 0 saturated carbocycles. The number of rotatable bonds is 0. The van der Waals surface area contributed by atoms with Crippen LogP contribution in [0.2, 0.25) is 0 Å². The summed E-state index contributed by atoms with van der Waals surface area (Å²) in [7, 11) is 0. The van der Waals surface area contributed by atoms with Crippen LogP contribution in [0.15, 0.2) is 0 Å². The molecule has 2 N–H and O–H groups in total. The Morgan fingerprint density at radius 2 is 1.25 bits per heavy atom. The molecule has 0 aromatic carbocycles. The van der Waals surface area contributed by atoms with Gasteiger partial charge in [-0.3, -0.25) is 0 Å². The summed E-state index contributed by atoms with van der Waals surface area (Å²) in [5, 5.41) is 0. The Hall–Kier alpha value is 1.65. The SMILES string of the molecule is [Cu].[H-].[Li+].[Ni].[O]=[Mn](=[O])([OH])[OH]. The zero-order chi connectivity index (χ0) is 4.50. The van der Waals surface area contributed by atoms with Crippen LogP contribution in [-0.4, -0.2) is 8.38 Å². The van der Waals surface area contributed by atoms with Crippen LogP contribution in [0.5, 0.6) is 0 Å². The summed E-state index contributed by atoms with van der Waals surface area (Å²) in [4.78, 5) is 0. The van der Waals surface area contributed by atoms with Gasteiger partial charge in [0.05, 0.1) is 0 Å². The van der Waals surface area contributed by atoms with Crippen molar-refractivity contribution in [1.29, 1.82) is 0 Å². The first-order valence-corrected chi connectivity index (χ1v) is 2.67. The van der Waals surface area contributed by atoms with Crippen molar-refractivity contribution in [2.75, 3.05) is 0 Å². The monoisotopic (exact) mass is 250 g/mol. The van der Waals surface area contributed by atoms with Gasteiger partial charge in [-0.05, 0) is 0 Å². The zero-order valence-electron chi connectivity index (χ0n) is 4.71. The third kappa shape index (κ3) is 124.